The minimum Gasteiger partial charge on any atom is -0.392 e. The fourth-order valence-electron chi connectivity index (χ4n) is 3.49. The van der Waals surface area contributed by atoms with Crippen molar-refractivity contribution in [3.63, 3.8) is 0 Å². The number of hydrogen-bond donors (Lipinski definition) is 2. The summed E-state index contributed by atoms with van der Waals surface area (Å²) in [6.07, 6.45) is 4.51. The molecule has 0 saturated carbocycles. The highest BCUT2D eigenvalue weighted by Crippen LogP contribution is 2.27. The quantitative estimate of drug-likeness (QED) is 0.337. The molecular weight excluding hydrogens is 390 g/mol. The molecule has 0 aliphatic heterocycles. The van der Waals surface area contributed by atoms with E-state index in [0.717, 1.165) is 34.3 Å². The summed E-state index contributed by atoms with van der Waals surface area (Å²) >= 11 is 0. The van der Waals surface area contributed by atoms with Crippen molar-refractivity contribution in [3.05, 3.63) is 64.1 Å². The lowest BCUT2D eigenvalue weighted by Crippen LogP contribution is -2.28. The molecule has 0 bridgehead atoms. The molecule has 31 heavy (non-hydrogen) atoms. The zero-order valence-corrected chi connectivity index (χ0v) is 19.7. The van der Waals surface area contributed by atoms with E-state index in [1.54, 1.807) is 0 Å². The van der Waals surface area contributed by atoms with Crippen molar-refractivity contribution >= 4 is 17.7 Å². The van der Waals surface area contributed by atoms with Crippen molar-refractivity contribution in [2.75, 3.05) is 20.2 Å². The largest absolute Gasteiger partial charge is 0.392 e. The Morgan fingerprint density at radius 3 is 2.58 bits per heavy atom. The summed E-state index contributed by atoms with van der Waals surface area (Å²) in [7, 11) is 1.82. The van der Waals surface area contributed by atoms with Crippen LogP contribution < -0.4 is 10.6 Å². The highest BCUT2D eigenvalue weighted by atomic mass is 16.5. The van der Waals surface area contributed by atoms with Crippen molar-refractivity contribution in [1.82, 2.24) is 15.0 Å². The Balaban J connectivity index is 2.33. The van der Waals surface area contributed by atoms with Gasteiger partial charge in [-0.05, 0) is 69.0 Å². The molecule has 1 atom stereocenters. The monoisotopic (exact) mass is 425 g/mol. The van der Waals surface area contributed by atoms with Crippen molar-refractivity contribution in [2.45, 2.75) is 47.6 Å². The molecule has 2 N–H and O–H groups in total. The molecular formula is C25H35N3O3. The molecule has 2 heterocycles. The predicted octanol–water partition coefficient (Wildman–Crippen LogP) is 4.35. The van der Waals surface area contributed by atoms with Gasteiger partial charge in [0.2, 0.25) is 0 Å². The van der Waals surface area contributed by atoms with Crippen LogP contribution in [0.1, 0.15) is 62.3 Å². The Hall–Kier alpha value is -2.86. The van der Waals surface area contributed by atoms with Crippen LogP contribution in [-0.2, 0) is 9.53 Å². The number of allylic oxidation sites excluding steroid dienone is 3. The second-order valence-electron chi connectivity index (χ2n) is 8.33. The Labute approximate surface area is 185 Å². The number of rotatable bonds is 10. The van der Waals surface area contributed by atoms with Gasteiger partial charge in [0, 0.05) is 48.7 Å². The first kappa shape index (κ1) is 24.4. The van der Waals surface area contributed by atoms with Crippen LogP contribution in [0, 0.1) is 12.8 Å². The molecule has 0 spiro atoms. The van der Waals surface area contributed by atoms with E-state index in [0.29, 0.717) is 23.7 Å². The van der Waals surface area contributed by atoms with Crippen molar-refractivity contribution < 1.29 is 14.3 Å². The molecule has 2 aromatic rings. The first-order valence-corrected chi connectivity index (χ1v) is 10.7. The molecule has 168 valence electrons. The molecule has 0 aromatic carbocycles. The third-order valence-corrected chi connectivity index (χ3v) is 5.35. The summed E-state index contributed by atoms with van der Waals surface area (Å²) in [6.45, 7) is 12.8. The molecule has 6 nitrogen and oxygen atoms in total. The maximum Gasteiger partial charge on any atom is 0.251 e. The van der Waals surface area contributed by atoms with E-state index in [1.807, 2.05) is 65.2 Å². The van der Waals surface area contributed by atoms with Gasteiger partial charge in [-0.3, -0.25) is 9.59 Å². The third kappa shape index (κ3) is 6.07. The fraction of sp³-hybridized carbons (Fsp3) is 0.440. The van der Waals surface area contributed by atoms with Gasteiger partial charge in [-0.2, -0.15) is 0 Å². The first-order valence-electron chi connectivity index (χ1n) is 10.7. The number of pyridine rings is 1. The molecule has 0 aliphatic carbocycles. The van der Waals surface area contributed by atoms with Crippen molar-refractivity contribution in [3.8, 4) is 0 Å². The Kier molecular flexibility index (Phi) is 8.63. The van der Waals surface area contributed by atoms with Crippen molar-refractivity contribution in [2.24, 2.45) is 5.92 Å². The van der Waals surface area contributed by atoms with Crippen LogP contribution in [0.3, 0.4) is 0 Å². The molecule has 6 heteroatoms. The number of carbonyl (C=O) groups is 2. The lowest BCUT2D eigenvalue weighted by molar-refractivity contribution is -0.105. The Bertz CT molecular complexity index is 999. The standard InChI is InChI=1S/C25H35N3O3/c1-16(2)15-31-20(6)24-19(5)23(12-22-9-8-10-28(22)24)25(30)27-13-21(14-29)17(3)11-18(4)26-7/h8-12,14,16,20,26H,13,15H2,1-7H3,(H,27,30)/b18-11-,21-17-. The van der Waals surface area contributed by atoms with Gasteiger partial charge in [0.15, 0.2) is 0 Å². The Morgan fingerprint density at radius 1 is 1.26 bits per heavy atom. The molecule has 0 radical (unpaired) electrons. The van der Waals surface area contributed by atoms with Gasteiger partial charge in [-0.25, -0.2) is 0 Å². The number of ether oxygens (including phenoxy) is 1. The average molecular weight is 426 g/mol. The van der Waals surface area contributed by atoms with E-state index in [2.05, 4.69) is 28.9 Å². The van der Waals surface area contributed by atoms with Crippen LogP contribution in [0.15, 0.2) is 47.3 Å². The van der Waals surface area contributed by atoms with Crippen LogP contribution in [0.4, 0.5) is 0 Å². The molecule has 0 saturated heterocycles. The van der Waals surface area contributed by atoms with Gasteiger partial charge >= 0.3 is 0 Å². The average Bonchev–Trinajstić information content (AvgIpc) is 3.19. The zero-order chi connectivity index (χ0) is 23.1. The van der Waals surface area contributed by atoms with Crippen molar-refractivity contribution in [1.29, 1.82) is 0 Å². The second kappa shape index (κ2) is 11.0. The zero-order valence-electron chi connectivity index (χ0n) is 19.7. The highest BCUT2D eigenvalue weighted by molar-refractivity contribution is 5.97. The maximum atomic E-state index is 13.1. The third-order valence-electron chi connectivity index (χ3n) is 5.35. The first-order chi connectivity index (χ1) is 14.7. The summed E-state index contributed by atoms with van der Waals surface area (Å²) in [5.74, 6) is 0.215. The number of nitrogens with zero attached hydrogens (tertiary/aromatic N) is 1. The van der Waals surface area contributed by atoms with E-state index in [-0.39, 0.29) is 18.6 Å². The molecule has 0 aliphatic rings. The van der Waals surface area contributed by atoms with E-state index in [4.69, 9.17) is 4.74 Å². The molecule has 1 unspecified atom stereocenters. The molecule has 1 amide bonds. The van der Waals surface area contributed by atoms with Crippen LogP contribution in [0.5, 0.6) is 0 Å². The Morgan fingerprint density at radius 2 is 1.97 bits per heavy atom. The number of fused-ring (bicyclic) bond motifs is 1. The maximum absolute atomic E-state index is 13.1. The van der Waals surface area contributed by atoms with Gasteiger partial charge in [0.25, 0.3) is 5.91 Å². The van der Waals surface area contributed by atoms with Gasteiger partial charge in [0.1, 0.15) is 6.29 Å². The topological polar surface area (TPSA) is 71.8 Å². The minimum atomic E-state index is -0.208. The SMILES string of the molecule is CN/C(C)=C\C(C)=C(/C=O)CNC(=O)c1cc2cccn2c(C(C)OCC(C)C)c1C. The minimum absolute atomic E-state index is 0.160. The number of aromatic nitrogens is 1. The van der Waals surface area contributed by atoms with Gasteiger partial charge in [-0.15, -0.1) is 0 Å². The second-order valence-corrected chi connectivity index (χ2v) is 8.33. The van der Waals surface area contributed by atoms with Crippen LogP contribution in [-0.4, -0.2) is 36.8 Å². The number of hydrogen-bond acceptors (Lipinski definition) is 4. The smallest absolute Gasteiger partial charge is 0.251 e. The van der Waals surface area contributed by atoms with Gasteiger partial charge < -0.3 is 19.8 Å². The van der Waals surface area contributed by atoms with E-state index < -0.39 is 0 Å². The number of nitrogens with one attached hydrogen (secondary N) is 2. The van der Waals surface area contributed by atoms with Gasteiger partial charge in [-0.1, -0.05) is 13.8 Å². The summed E-state index contributed by atoms with van der Waals surface area (Å²) in [6, 6.07) is 5.81. The highest BCUT2D eigenvalue weighted by Gasteiger charge is 2.20. The number of carbonyl (C=O) groups excluding carboxylic acids is 2. The predicted molar refractivity (Wildman–Crippen MR) is 125 cm³/mol. The van der Waals surface area contributed by atoms with Crippen LogP contribution in [0.2, 0.25) is 0 Å². The lowest BCUT2D eigenvalue weighted by atomic mass is 10.0. The lowest BCUT2D eigenvalue weighted by Gasteiger charge is -2.21. The van der Waals surface area contributed by atoms with Gasteiger partial charge in [0.05, 0.1) is 11.8 Å². The fourth-order valence-corrected chi connectivity index (χ4v) is 3.49. The summed E-state index contributed by atoms with van der Waals surface area (Å²) in [5, 5.41) is 5.94. The summed E-state index contributed by atoms with van der Waals surface area (Å²) in [5.41, 5.74) is 5.65. The van der Waals surface area contributed by atoms with E-state index in [1.165, 1.54) is 0 Å². The summed E-state index contributed by atoms with van der Waals surface area (Å²) in [4.78, 5) is 24.6. The number of amides is 1. The normalized spacial score (nSPS) is 13.9. The molecule has 0 fully saturated rings. The van der Waals surface area contributed by atoms with Crippen LogP contribution >= 0.6 is 0 Å². The number of aldehydes is 1. The van der Waals surface area contributed by atoms with Crippen LogP contribution in [0.25, 0.3) is 5.52 Å². The molecule has 2 aromatic heterocycles. The van der Waals surface area contributed by atoms with E-state index >= 15 is 0 Å². The van der Waals surface area contributed by atoms with E-state index in [9.17, 15) is 9.59 Å². The summed E-state index contributed by atoms with van der Waals surface area (Å²) < 4.78 is 8.13. The molecule has 2 rings (SSSR count).